The fourth-order valence-corrected chi connectivity index (χ4v) is 5.47. The molecule has 2 aliphatic rings. The Labute approximate surface area is 177 Å². The quantitative estimate of drug-likeness (QED) is 0.695. The normalized spacial score (nSPS) is 25.1. The molecule has 1 aromatic carbocycles. The summed E-state index contributed by atoms with van der Waals surface area (Å²) in [4.78, 5) is 31.0. The number of likely N-dealkylation sites (tertiary alicyclic amines) is 1. The average Bonchev–Trinajstić information content (AvgIpc) is 3.21. The molecule has 0 spiro atoms. The molecule has 0 radical (unpaired) electrons. The third-order valence-corrected chi connectivity index (χ3v) is 7.49. The molecule has 1 saturated heterocycles. The van der Waals surface area contributed by atoms with Gasteiger partial charge in [-0.05, 0) is 49.7 Å². The molecule has 5 heteroatoms. The lowest BCUT2D eigenvalue weighted by atomic mass is 9.82. The van der Waals surface area contributed by atoms with Crippen LogP contribution >= 0.6 is 11.3 Å². The van der Waals surface area contributed by atoms with Gasteiger partial charge in [0.25, 0.3) is 0 Å². The Kier molecular flexibility index (Phi) is 6.04. The van der Waals surface area contributed by atoms with Crippen LogP contribution in [0.4, 0.5) is 5.69 Å². The van der Waals surface area contributed by atoms with E-state index in [4.69, 9.17) is 0 Å². The zero-order chi connectivity index (χ0) is 20.4. The van der Waals surface area contributed by atoms with Crippen LogP contribution in [0.2, 0.25) is 0 Å². The number of carbonyl (C=O) groups is 2. The Morgan fingerprint density at radius 3 is 2.52 bits per heavy atom. The Balaban J connectivity index is 1.62. The van der Waals surface area contributed by atoms with Crippen molar-refractivity contribution in [3.8, 4) is 10.4 Å². The first-order valence-electron chi connectivity index (χ1n) is 10.7. The molecular weight excluding hydrogens is 380 g/mol. The number of hydrogen-bond acceptors (Lipinski definition) is 3. The number of rotatable bonds is 4. The molecule has 2 aromatic rings. The van der Waals surface area contributed by atoms with E-state index in [1.165, 1.54) is 5.56 Å². The molecule has 4 nitrogen and oxygen atoms in total. The van der Waals surface area contributed by atoms with E-state index < -0.39 is 0 Å². The summed E-state index contributed by atoms with van der Waals surface area (Å²) in [5.41, 5.74) is 2.13. The van der Waals surface area contributed by atoms with Crippen molar-refractivity contribution in [3.63, 3.8) is 0 Å². The largest absolute Gasteiger partial charge is 0.346 e. The summed E-state index contributed by atoms with van der Waals surface area (Å²) in [5.74, 6) is 1.15. The Morgan fingerprint density at radius 1 is 1.10 bits per heavy atom. The minimum Gasteiger partial charge on any atom is -0.346 e. The summed E-state index contributed by atoms with van der Waals surface area (Å²) in [6.45, 7) is 2.99. The Bertz CT molecular complexity index is 855. The number of anilines is 1. The van der Waals surface area contributed by atoms with Gasteiger partial charge >= 0.3 is 0 Å². The molecule has 2 fully saturated rings. The number of nitrogens with zero attached hydrogens (tertiary/aromatic N) is 2. The van der Waals surface area contributed by atoms with Crippen LogP contribution < -0.4 is 4.90 Å². The lowest BCUT2D eigenvalue weighted by molar-refractivity contribution is -0.132. The predicted octanol–water partition coefficient (Wildman–Crippen LogP) is 5.20. The second-order valence-electron chi connectivity index (χ2n) is 8.66. The monoisotopic (exact) mass is 410 g/mol. The first-order valence-corrected chi connectivity index (χ1v) is 11.6. The molecule has 1 aliphatic carbocycles. The van der Waals surface area contributed by atoms with Crippen LogP contribution in [0, 0.1) is 11.8 Å². The van der Waals surface area contributed by atoms with E-state index >= 15 is 0 Å². The van der Waals surface area contributed by atoms with Crippen LogP contribution in [0.15, 0.2) is 41.8 Å². The molecule has 2 heterocycles. The minimum absolute atomic E-state index is 0.0382. The van der Waals surface area contributed by atoms with Crippen molar-refractivity contribution in [3.05, 3.63) is 41.8 Å². The highest BCUT2D eigenvalue weighted by Crippen LogP contribution is 2.37. The van der Waals surface area contributed by atoms with Crippen molar-refractivity contribution in [2.75, 3.05) is 18.5 Å². The van der Waals surface area contributed by atoms with Crippen LogP contribution in [0.25, 0.3) is 10.4 Å². The maximum absolute atomic E-state index is 13.6. The number of benzene rings is 1. The molecule has 154 valence electrons. The molecular formula is C24H30N2O2S. The van der Waals surface area contributed by atoms with Gasteiger partial charge in [-0.15, -0.1) is 11.3 Å². The zero-order valence-corrected chi connectivity index (χ0v) is 18.2. The van der Waals surface area contributed by atoms with Gasteiger partial charge in [-0.2, -0.15) is 0 Å². The van der Waals surface area contributed by atoms with Crippen LogP contribution in [0.1, 0.15) is 45.4 Å². The maximum atomic E-state index is 13.6. The average molecular weight is 411 g/mol. The van der Waals surface area contributed by atoms with E-state index in [0.717, 1.165) is 42.7 Å². The minimum atomic E-state index is -0.0382. The summed E-state index contributed by atoms with van der Waals surface area (Å²) in [5, 5.41) is 2.09. The van der Waals surface area contributed by atoms with Crippen LogP contribution in [0.5, 0.6) is 0 Å². The lowest BCUT2D eigenvalue weighted by Gasteiger charge is -2.39. The van der Waals surface area contributed by atoms with Crippen molar-refractivity contribution < 1.29 is 9.59 Å². The highest BCUT2D eigenvalue weighted by Gasteiger charge is 2.36. The molecule has 0 bridgehead atoms. The molecule has 1 unspecified atom stereocenters. The number of piperidine rings is 1. The first kappa shape index (κ1) is 20.1. The highest BCUT2D eigenvalue weighted by molar-refractivity contribution is 7.14. The molecule has 4 rings (SSSR count). The topological polar surface area (TPSA) is 40.6 Å². The summed E-state index contributed by atoms with van der Waals surface area (Å²) in [7, 11) is 1.85. The highest BCUT2D eigenvalue weighted by atomic mass is 32.1. The third kappa shape index (κ3) is 4.40. The predicted molar refractivity (Wildman–Crippen MR) is 119 cm³/mol. The van der Waals surface area contributed by atoms with Crippen molar-refractivity contribution in [2.45, 2.75) is 51.5 Å². The number of hydrogen-bond donors (Lipinski definition) is 0. The molecule has 1 saturated carbocycles. The molecule has 1 atom stereocenters. The lowest BCUT2D eigenvalue weighted by Crippen LogP contribution is -2.50. The van der Waals surface area contributed by atoms with Crippen molar-refractivity contribution in [1.29, 1.82) is 0 Å². The van der Waals surface area contributed by atoms with Crippen molar-refractivity contribution in [2.24, 2.45) is 11.8 Å². The van der Waals surface area contributed by atoms with Gasteiger partial charge in [-0.1, -0.05) is 37.3 Å². The number of thiophene rings is 1. The third-order valence-electron chi connectivity index (χ3n) is 6.52. The Hall–Kier alpha value is -2.14. The van der Waals surface area contributed by atoms with Gasteiger partial charge in [0.05, 0.1) is 5.69 Å². The van der Waals surface area contributed by atoms with Gasteiger partial charge in [0, 0.05) is 42.2 Å². The fraction of sp³-hybridized carbons (Fsp3) is 0.500. The van der Waals surface area contributed by atoms with E-state index in [9.17, 15) is 9.59 Å². The van der Waals surface area contributed by atoms with E-state index in [1.807, 2.05) is 30.1 Å². The van der Waals surface area contributed by atoms with Crippen molar-refractivity contribution >= 4 is 28.8 Å². The summed E-state index contributed by atoms with van der Waals surface area (Å²) < 4.78 is 0. The SMILES string of the molecule is CC1CCC(C(=O)N(c2csc(-c3ccccc3)c2)C2CCN(C)C(=O)C2)CC1. The van der Waals surface area contributed by atoms with Gasteiger partial charge in [-0.25, -0.2) is 0 Å². The second-order valence-corrected chi connectivity index (χ2v) is 9.57. The maximum Gasteiger partial charge on any atom is 0.230 e. The summed E-state index contributed by atoms with van der Waals surface area (Å²) >= 11 is 1.67. The van der Waals surface area contributed by atoms with Gasteiger partial charge in [0.2, 0.25) is 11.8 Å². The molecule has 29 heavy (non-hydrogen) atoms. The van der Waals surface area contributed by atoms with Crippen molar-refractivity contribution in [1.82, 2.24) is 4.90 Å². The van der Waals surface area contributed by atoms with Crippen LogP contribution in [-0.4, -0.2) is 36.3 Å². The van der Waals surface area contributed by atoms with Gasteiger partial charge in [0.1, 0.15) is 0 Å². The zero-order valence-electron chi connectivity index (χ0n) is 17.3. The number of amides is 2. The van der Waals surface area contributed by atoms with Gasteiger partial charge in [0.15, 0.2) is 0 Å². The molecule has 1 aromatic heterocycles. The smallest absolute Gasteiger partial charge is 0.230 e. The van der Waals surface area contributed by atoms with Gasteiger partial charge < -0.3 is 9.80 Å². The Morgan fingerprint density at radius 2 is 1.83 bits per heavy atom. The van der Waals surface area contributed by atoms with Crippen LogP contribution in [0.3, 0.4) is 0 Å². The summed E-state index contributed by atoms with van der Waals surface area (Å²) in [6.07, 6.45) is 5.43. The van der Waals surface area contributed by atoms with E-state index in [2.05, 4.69) is 30.5 Å². The van der Waals surface area contributed by atoms with E-state index in [-0.39, 0.29) is 23.8 Å². The van der Waals surface area contributed by atoms with Crippen LogP contribution in [-0.2, 0) is 9.59 Å². The molecule has 0 N–H and O–H groups in total. The van der Waals surface area contributed by atoms with E-state index in [0.29, 0.717) is 18.9 Å². The fourth-order valence-electron chi connectivity index (χ4n) is 4.58. The molecule has 2 amide bonds. The van der Waals surface area contributed by atoms with E-state index in [1.54, 1.807) is 16.2 Å². The standard InChI is InChI=1S/C24H30N2O2S/c1-17-8-10-19(11-9-17)24(28)26(20-12-13-25(2)23(27)15-20)21-14-22(29-16-21)18-6-4-3-5-7-18/h3-7,14,16-17,19-20H,8-13,15H2,1-2H3. The first-order chi connectivity index (χ1) is 14.0. The second kappa shape index (κ2) is 8.70. The number of carbonyl (C=O) groups excluding carboxylic acids is 2. The molecule has 1 aliphatic heterocycles. The van der Waals surface area contributed by atoms with Gasteiger partial charge in [-0.3, -0.25) is 9.59 Å². The summed E-state index contributed by atoms with van der Waals surface area (Å²) in [6, 6.07) is 12.4.